The monoisotopic (exact) mass is 803 g/mol. The van der Waals surface area contributed by atoms with Gasteiger partial charge in [-0.05, 0) is 69.1 Å². The quantitative estimate of drug-likeness (QED) is 0.144. The number of fused-ring (bicyclic) bond motifs is 3. The Morgan fingerprint density at radius 1 is 0.317 bits per heavy atom. The van der Waals surface area contributed by atoms with Crippen molar-refractivity contribution in [3.8, 4) is 84.4 Å². The molecular formula is C58H37N5. The summed E-state index contributed by atoms with van der Waals surface area (Å²) in [4.78, 5) is 19.5. The molecule has 11 rings (SSSR count). The van der Waals surface area contributed by atoms with E-state index in [1.165, 1.54) is 0 Å². The van der Waals surface area contributed by atoms with Crippen LogP contribution >= 0.6 is 0 Å². The van der Waals surface area contributed by atoms with Crippen molar-refractivity contribution in [2.24, 2.45) is 0 Å². The molecule has 0 aliphatic heterocycles. The summed E-state index contributed by atoms with van der Waals surface area (Å²) in [5.41, 5.74) is 15.1. The zero-order chi connectivity index (χ0) is 42.1. The van der Waals surface area contributed by atoms with Crippen molar-refractivity contribution >= 4 is 27.5 Å². The molecular weight excluding hydrogens is 767 g/mol. The molecule has 0 saturated heterocycles. The van der Waals surface area contributed by atoms with Crippen LogP contribution < -0.4 is 0 Å². The van der Waals surface area contributed by atoms with Crippen LogP contribution in [-0.2, 0) is 0 Å². The molecule has 0 radical (unpaired) electrons. The predicted octanol–water partition coefficient (Wildman–Crippen LogP) is 15.2. The fraction of sp³-hybridized carbons (Fsp3) is 0. The molecule has 0 unspecified atom stereocenters. The summed E-state index contributed by atoms with van der Waals surface area (Å²) >= 11 is 0. The van der Waals surface area contributed by atoms with Gasteiger partial charge in [0.05, 0.1) is 23.3 Å². The Labute approximate surface area is 365 Å². The normalized spacial score (nSPS) is 11.2. The molecule has 63 heavy (non-hydrogen) atoms. The third-order valence-corrected chi connectivity index (χ3v) is 11.7. The molecule has 0 bridgehead atoms. The van der Waals surface area contributed by atoms with E-state index in [9.17, 15) is 0 Å². The van der Waals surface area contributed by atoms with Gasteiger partial charge in [0.25, 0.3) is 0 Å². The maximum atomic E-state index is 7.83. The van der Waals surface area contributed by atoms with E-state index >= 15 is 0 Å². The minimum atomic E-state index is 0.569. The number of hydrogen-bond donors (Lipinski definition) is 0. The first-order valence-electron chi connectivity index (χ1n) is 21.0. The molecule has 0 aliphatic carbocycles. The van der Waals surface area contributed by atoms with E-state index in [0.717, 1.165) is 88.7 Å². The van der Waals surface area contributed by atoms with Gasteiger partial charge in [-0.25, -0.2) is 19.8 Å². The SMILES string of the molecule is [C-]#[N+]c1ccc2c(c1)c1ccccc1n2-c1c(-c2ccccc2)cc(-c2nc(-c3ccc(-c4ccccc4)cc3)nc(-c3ccc(-c4ccccc4)cc3)n2)cc1-c1ccccc1. The molecule has 0 aliphatic rings. The van der Waals surface area contributed by atoms with E-state index in [0.29, 0.717) is 23.2 Å². The molecule has 9 aromatic carbocycles. The predicted molar refractivity (Wildman–Crippen MR) is 258 cm³/mol. The van der Waals surface area contributed by atoms with Crippen LogP contribution in [0.4, 0.5) is 5.69 Å². The summed E-state index contributed by atoms with van der Waals surface area (Å²) in [7, 11) is 0. The van der Waals surface area contributed by atoms with Gasteiger partial charge in [0.15, 0.2) is 23.2 Å². The van der Waals surface area contributed by atoms with Crippen LogP contribution in [-0.4, -0.2) is 19.5 Å². The van der Waals surface area contributed by atoms with Crippen LogP contribution in [0.2, 0.25) is 0 Å². The first-order chi connectivity index (χ1) is 31.2. The van der Waals surface area contributed by atoms with E-state index < -0.39 is 0 Å². The average Bonchev–Trinajstić information content (AvgIpc) is 3.70. The van der Waals surface area contributed by atoms with Crippen molar-refractivity contribution < 1.29 is 0 Å². The number of rotatable bonds is 8. The molecule has 2 aromatic heterocycles. The molecule has 5 nitrogen and oxygen atoms in total. The standard InChI is InChI=1S/C58H37N5/c1-59-48-34-35-54-52(38-48)49-24-14-15-25-53(49)63(54)55-50(43-20-10-4-11-21-43)36-47(37-51(55)44-22-12-5-13-23-44)58-61-56(45-30-26-41(27-31-45)39-16-6-2-7-17-39)60-57(62-58)46-32-28-42(29-33-46)40-18-8-3-9-19-40/h2-38H. The van der Waals surface area contributed by atoms with Crippen LogP contribution in [0.3, 0.4) is 0 Å². The van der Waals surface area contributed by atoms with Gasteiger partial charge in [-0.3, -0.25) is 0 Å². The number of nitrogens with zero attached hydrogens (tertiary/aromatic N) is 5. The first-order valence-corrected chi connectivity index (χ1v) is 21.0. The first kappa shape index (κ1) is 37.3. The van der Waals surface area contributed by atoms with Crippen molar-refractivity contribution in [2.45, 2.75) is 0 Å². The van der Waals surface area contributed by atoms with Crippen molar-refractivity contribution in [1.82, 2.24) is 19.5 Å². The Balaban J connectivity index is 1.17. The molecule has 0 N–H and O–H groups in total. The van der Waals surface area contributed by atoms with Gasteiger partial charge in [-0.1, -0.05) is 194 Å². The number of aromatic nitrogens is 4. The van der Waals surface area contributed by atoms with E-state index in [1.54, 1.807) is 0 Å². The summed E-state index contributed by atoms with van der Waals surface area (Å²) < 4.78 is 2.36. The second-order valence-electron chi connectivity index (χ2n) is 15.5. The van der Waals surface area contributed by atoms with E-state index in [2.05, 4.69) is 197 Å². The van der Waals surface area contributed by atoms with Crippen molar-refractivity contribution in [2.75, 3.05) is 0 Å². The number of benzene rings is 9. The zero-order valence-electron chi connectivity index (χ0n) is 34.1. The van der Waals surface area contributed by atoms with Crippen LogP contribution in [0.25, 0.3) is 111 Å². The van der Waals surface area contributed by atoms with Crippen molar-refractivity contribution in [1.29, 1.82) is 0 Å². The fourth-order valence-corrected chi connectivity index (χ4v) is 8.60. The lowest BCUT2D eigenvalue weighted by molar-refractivity contribution is 1.07. The van der Waals surface area contributed by atoms with Gasteiger partial charge in [0, 0.05) is 33.2 Å². The lowest BCUT2D eigenvalue weighted by Crippen LogP contribution is -2.04. The Bertz CT molecular complexity index is 3300. The van der Waals surface area contributed by atoms with E-state index in [4.69, 9.17) is 21.5 Å². The Morgan fingerprint density at radius 2 is 0.698 bits per heavy atom. The molecule has 2 heterocycles. The van der Waals surface area contributed by atoms with Crippen LogP contribution in [0.15, 0.2) is 224 Å². The van der Waals surface area contributed by atoms with Crippen molar-refractivity contribution in [3.05, 3.63) is 236 Å². The highest BCUT2D eigenvalue weighted by atomic mass is 15.0. The van der Waals surface area contributed by atoms with Gasteiger partial charge in [0.1, 0.15) is 0 Å². The molecule has 0 spiro atoms. The lowest BCUT2D eigenvalue weighted by Gasteiger charge is -2.21. The average molecular weight is 804 g/mol. The highest BCUT2D eigenvalue weighted by Crippen LogP contribution is 2.44. The summed E-state index contributed by atoms with van der Waals surface area (Å²) in [5.74, 6) is 1.75. The number of hydrogen-bond acceptors (Lipinski definition) is 3. The largest absolute Gasteiger partial charge is 0.308 e. The second kappa shape index (κ2) is 16.0. The summed E-state index contributed by atoms with van der Waals surface area (Å²) in [5, 5.41) is 2.12. The molecule has 294 valence electrons. The second-order valence-corrected chi connectivity index (χ2v) is 15.5. The van der Waals surface area contributed by atoms with Crippen LogP contribution in [0.5, 0.6) is 0 Å². The third-order valence-electron chi connectivity index (χ3n) is 11.7. The van der Waals surface area contributed by atoms with Gasteiger partial charge in [-0.2, -0.15) is 0 Å². The molecule has 0 fully saturated rings. The minimum absolute atomic E-state index is 0.569. The molecule has 0 atom stereocenters. The lowest BCUT2D eigenvalue weighted by atomic mass is 9.92. The van der Waals surface area contributed by atoms with Crippen molar-refractivity contribution in [3.63, 3.8) is 0 Å². The highest BCUT2D eigenvalue weighted by Gasteiger charge is 2.23. The van der Waals surface area contributed by atoms with Gasteiger partial charge >= 0.3 is 0 Å². The van der Waals surface area contributed by atoms with Gasteiger partial charge < -0.3 is 4.57 Å². The van der Waals surface area contributed by atoms with Crippen LogP contribution in [0.1, 0.15) is 0 Å². The van der Waals surface area contributed by atoms with Gasteiger partial charge in [0.2, 0.25) is 0 Å². The fourth-order valence-electron chi connectivity index (χ4n) is 8.60. The topological polar surface area (TPSA) is 48.0 Å². The summed E-state index contributed by atoms with van der Waals surface area (Å²) in [6.07, 6.45) is 0. The molecule has 11 aromatic rings. The van der Waals surface area contributed by atoms with Gasteiger partial charge in [-0.15, -0.1) is 0 Å². The molecule has 0 amide bonds. The maximum Gasteiger partial charge on any atom is 0.188 e. The Morgan fingerprint density at radius 3 is 1.17 bits per heavy atom. The summed E-state index contributed by atoms with van der Waals surface area (Å²) in [6, 6.07) is 77.7. The van der Waals surface area contributed by atoms with E-state index in [1.807, 2.05) is 36.4 Å². The summed E-state index contributed by atoms with van der Waals surface area (Å²) in [6.45, 7) is 7.83. The zero-order valence-corrected chi connectivity index (χ0v) is 34.1. The minimum Gasteiger partial charge on any atom is -0.308 e. The Hall–Kier alpha value is -8.72. The third kappa shape index (κ3) is 7.02. The smallest absolute Gasteiger partial charge is 0.188 e. The highest BCUT2D eigenvalue weighted by molar-refractivity contribution is 6.11. The van der Waals surface area contributed by atoms with Crippen LogP contribution in [0, 0.1) is 6.57 Å². The van der Waals surface area contributed by atoms with E-state index in [-0.39, 0.29) is 0 Å². The maximum absolute atomic E-state index is 7.83. The number of para-hydroxylation sites is 1. The Kier molecular flexibility index (Phi) is 9.50. The molecule has 5 heteroatoms. The molecule has 0 saturated carbocycles.